The summed E-state index contributed by atoms with van der Waals surface area (Å²) in [6, 6.07) is 0. The zero-order chi connectivity index (χ0) is 4.50. The second-order valence-electron chi connectivity index (χ2n) is 0.447. The Morgan fingerprint density at radius 3 is 1.14 bits per heavy atom. The summed E-state index contributed by atoms with van der Waals surface area (Å²) in [6.07, 6.45) is 0. The van der Waals surface area contributed by atoms with Crippen LogP contribution in [0.15, 0.2) is 0 Å². The van der Waals surface area contributed by atoms with Gasteiger partial charge in [-0.25, -0.2) is 0 Å². The SMILES string of the molecule is O=P([O-])([O-])[O-].[NH4+].[Pb]. The largest absolute Gasteiger partial charge is 0.822 e. The molecule has 7 heteroatoms. The molecule has 4 radical (unpaired) electrons. The molecule has 0 atom stereocenters. The minimum Gasteiger partial charge on any atom is -0.822 e. The molecule has 5 nitrogen and oxygen atoms in total. The van der Waals surface area contributed by atoms with Crippen molar-refractivity contribution in [2.75, 3.05) is 0 Å². The average Bonchev–Trinajstić information content (AvgIpc) is 0.722. The number of quaternary nitrogens is 1. The van der Waals surface area contributed by atoms with Crippen molar-refractivity contribution in [3.05, 3.63) is 0 Å². The average molecular weight is 320 g/mol. The van der Waals surface area contributed by atoms with E-state index in [0.717, 1.165) is 0 Å². The maximum Gasteiger partial charge on any atom is 0 e. The molecule has 0 aliphatic rings. The van der Waals surface area contributed by atoms with Gasteiger partial charge in [0, 0.05) is 27.3 Å². The van der Waals surface area contributed by atoms with Crippen LogP contribution < -0.4 is 20.8 Å². The van der Waals surface area contributed by atoms with Gasteiger partial charge in [0.15, 0.2) is 0 Å². The van der Waals surface area contributed by atoms with Gasteiger partial charge in [-0.1, -0.05) is 0 Å². The molecule has 4 N–H and O–H groups in total. The summed E-state index contributed by atoms with van der Waals surface area (Å²) in [5.41, 5.74) is 0. The summed E-state index contributed by atoms with van der Waals surface area (Å²) >= 11 is 0. The van der Waals surface area contributed by atoms with Crippen LogP contribution in [-0.2, 0) is 4.57 Å². The van der Waals surface area contributed by atoms with Crippen molar-refractivity contribution >= 4 is 35.1 Å². The Balaban J connectivity index is -0.0000000800. The zero-order valence-corrected chi connectivity index (χ0v) is 8.36. The van der Waals surface area contributed by atoms with Gasteiger partial charge in [-0.05, 0) is 0 Å². The fourth-order valence-corrected chi connectivity index (χ4v) is 0. The van der Waals surface area contributed by atoms with Crippen LogP contribution in [-0.4, -0.2) is 27.3 Å². The molecule has 0 aliphatic heterocycles. The Kier molecular flexibility index (Phi) is 11.5. The minimum absolute atomic E-state index is 0. The van der Waals surface area contributed by atoms with Crippen LogP contribution in [0.4, 0.5) is 0 Å². The maximum atomic E-state index is 8.55. The third-order valence-corrected chi connectivity index (χ3v) is 0. The van der Waals surface area contributed by atoms with E-state index in [9.17, 15) is 0 Å². The molecule has 0 aromatic heterocycles. The topological polar surface area (TPSA) is 123 Å². The summed E-state index contributed by atoms with van der Waals surface area (Å²) in [7, 11) is -5.39. The summed E-state index contributed by atoms with van der Waals surface area (Å²) in [5.74, 6) is 0. The Morgan fingerprint density at radius 1 is 1.14 bits per heavy atom. The van der Waals surface area contributed by atoms with Crippen LogP contribution in [0.2, 0.25) is 0 Å². The summed E-state index contributed by atoms with van der Waals surface area (Å²) in [6.45, 7) is 0. The normalized spacial score (nSPS) is 8.43. The number of hydrogen-bond donors (Lipinski definition) is 1. The molecule has 0 bridgehead atoms. The van der Waals surface area contributed by atoms with Crippen molar-refractivity contribution in [2.45, 2.75) is 0 Å². The van der Waals surface area contributed by atoms with Crippen molar-refractivity contribution < 1.29 is 19.2 Å². The molecule has 0 spiro atoms. The van der Waals surface area contributed by atoms with E-state index in [-0.39, 0.29) is 33.4 Å². The Hall–Kier alpha value is 0.992. The molecule has 0 aliphatic carbocycles. The van der Waals surface area contributed by atoms with E-state index in [1.807, 2.05) is 0 Å². The van der Waals surface area contributed by atoms with Gasteiger partial charge in [0.2, 0.25) is 0 Å². The van der Waals surface area contributed by atoms with Gasteiger partial charge >= 0.3 is 0 Å². The fraction of sp³-hybridized carbons (Fsp3) is 0. The summed E-state index contributed by atoms with van der Waals surface area (Å²) in [5, 5.41) is 0. The second kappa shape index (κ2) is 5.14. The molecular weight excluding hydrogens is 316 g/mol. The van der Waals surface area contributed by atoms with Crippen molar-refractivity contribution in [3.63, 3.8) is 0 Å². The maximum absolute atomic E-state index is 8.55. The van der Waals surface area contributed by atoms with E-state index >= 15 is 0 Å². The standard InChI is InChI=1S/H3N.H3O4P.Pb/c;1-5(2,3)4;/h1H3;(H3,1,2,3,4);/p-2. The predicted octanol–water partition coefficient (Wildman–Crippen LogP) is -2.83. The quantitative estimate of drug-likeness (QED) is 0.382. The molecule has 0 aromatic rings. The van der Waals surface area contributed by atoms with Crippen LogP contribution in [0.3, 0.4) is 0 Å². The molecule has 0 fully saturated rings. The first-order chi connectivity index (χ1) is 2.00. The molecule has 7 heavy (non-hydrogen) atoms. The Bertz CT molecular complexity index is 57.8. The first-order valence-electron chi connectivity index (χ1n) is 0.730. The molecule has 44 valence electrons. The first kappa shape index (κ1) is 15.7. The third kappa shape index (κ3) is 177. The van der Waals surface area contributed by atoms with Crippen LogP contribution in [0.1, 0.15) is 0 Å². The van der Waals surface area contributed by atoms with Gasteiger partial charge in [-0.15, -0.1) is 0 Å². The molecule has 0 aromatic carbocycles. The van der Waals surface area contributed by atoms with E-state index in [2.05, 4.69) is 0 Å². The first-order valence-corrected chi connectivity index (χ1v) is 2.19. The fourth-order valence-electron chi connectivity index (χ4n) is 0. The number of rotatable bonds is 0. The Labute approximate surface area is 60.7 Å². The van der Waals surface area contributed by atoms with E-state index in [1.54, 1.807) is 0 Å². The van der Waals surface area contributed by atoms with Crippen LogP contribution in [0.25, 0.3) is 0 Å². The number of phosphoric acid groups is 1. The van der Waals surface area contributed by atoms with Gasteiger partial charge in [-0.3, -0.25) is 0 Å². The van der Waals surface area contributed by atoms with Crippen molar-refractivity contribution in [1.82, 2.24) is 6.15 Å². The van der Waals surface area contributed by atoms with Gasteiger partial charge in [-0.2, -0.15) is 7.82 Å². The molecule has 0 rings (SSSR count). The molecule has 0 saturated heterocycles. The molecule has 0 heterocycles. The Morgan fingerprint density at radius 2 is 1.14 bits per heavy atom. The molecular formula is H4NO4PPb-2. The van der Waals surface area contributed by atoms with Gasteiger partial charge < -0.3 is 25.4 Å². The zero-order valence-electron chi connectivity index (χ0n) is 3.58. The monoisotopic (exact) mass is 321 g/mol. The van der Waals surface area contributed by atoms with E-state index in [1.165, 1.54) is 0 Å². The summed E-state index contributed by atoms with van der Waals surface area (Å²) < 4.78 is 8.55. The van der Waals surface area contributed by atoms with E-state index in [4.69, 9.17) is 19.2 Å². The minimum atomic E-state index is -5.39. The van der Waals surface area contributed by atoms with Crippen molar-refractivity contribution in [1.29, 1.82) is 0 Å². The van der Waals surface area contributed by atoms with Crippen LogP contribution in [0, 0.1) is 0 Å². The smallest absolute Gasteiger partial charge is 0 e. The third-order valence-electron chi connectivity index (χ3n) is 0. The molecule has 0 amide bonds. The van der Waals surface area contributed by atoms with Crippen molar-refractivity contribution in [3.8, 4) is 0 Å². The number of hydrogen-bond acceptors (Lipinski definition) is 4. The van der Waals surface area contributed by atoms with Gasteiger partial charge in [0.05, 0.1) is 0 Å². The molecule has 0 unspecified atom stereocenters. The van der Waals surface area contributed by atoms with Gasteiger partial charge in [0.1, 0.15) is 0 Å². The van der Waals surface area contributed by atoms with Gasteiger partial charge in [0.25, 0.3) is 0 Å². The van der Waals surface area contributed by atoms with Crippen molar-refractivity contribution in [2.24, 2.45) is 0 Å². The van der Waals surface area contributed by atoms with Crippen LogP contribution in [0.5, 0.6) is 0 Å². The van der Waals surface area contributed by atoms with E-state index < -0.39 is 7.82 Å². The van der Waals surface area contributed by atoms with Crippen LogP contribution >= 0.6 is 7.82 Å². The second-order valence-corrected chi connectivity index (χ2v) is 1.34. The van der Waals surface area contributed by atoms with E-state index in [0.29, 0.717) is 0 Å². The molecule has 0 saturated carbocycles. The summed E-state index contributed by atoms with van der Waals surface area (Å²) in [4.78, 5) is 25.6. The predicted molar refractivity (Wildman–Crippen MR) is 19.3 cm³/mol.